The Morgan fingerprint density at radius 1 is 1.16 bits per heavy atom. The van der Waals surface area contributed by atoms with Gasteiger partial charge in [-0.3, -0.25) is 4.79 Å². The predicted molar refractivity (Wildman–Crippen MR) is 74.1 cm³/mol. The summed E-state index contributed by atoms with van der Waals surface area (Å²) in [6.07, 6.45) is 5.12. The number of carboxylic acids is 1. The fourth-order valence-corrected chi connectivity index (χ4v) is 2.77. The number of nitrogens with one attached hydrogen (secondary N) is 2. The van der Waals surface area contributed by atoms with E-state index in [2.05, 4.69) is 31.4 Å². The van der Waals surface area contributed by atoms with Gasteiger partial charge in [-0.05, 0) is 38.5 Å². The second-order valence-corrected chi connectivity index (χ2v) is 5.62. The molecule has 0 aromatic carbocycles. The zero-order valence-electron chi connectivity index (χ0n) is 12.2. The summed E-state index contributed by atoms with van der Waals surface area (Å²) in [6, 6.07) is -0.230. The van der Waals surface area contributed by atoms with Crippen molar-refractivity contribution in [3.8, 4) is 0 Å². The first-order chi connectivity index (χ1) is 8.91. The number of rotatable bonds is 7. The number of aliphatic carboxylic acids is 1. The quantitative estimate of drug-likeness (QED) is 0.665. The highest BCUT2D eigenvalue weighted by Gasteiger charge is 2.41. The lowest BCUT2D eigenvalue weighted by Crippen LogP contribution is -2.60. The highest BCUT2D eigenvalue weighted by Crippen LogP contribution is 2.35. The molecule has 110 valence electrons. The van der Waals surface area contributed by atoms with E-state index in [0.29, 0.717) is 0 Å². The van der Waals surface area contributed by atoms with E-state index in [9.17, 15) is 9.59 Å². The van der Waals surface area contributed by atoms with Crippen LogP contribution >= 0.6 is 0 Å². The van der Waals surface area contributed by atoms with Crippen LogP contribution in [0.15, 0.2) is 0 Å². The maximum absolute atomic E-state index is 12.1. The van der Waals surface area contributed by atoms with Crippen molar-refractivity contribution >= 4 is 12.0 Å². The molecule has 1 fully saturated rings. The van der Waals surface area contributed by atoms with Gasteiger partial charge in [-0.25, -0.2) is 4.79 Å². The number of carbonyl (C=O) groups is 2. The third-order valence-electron chi connectivity index (χ3n) is 4.59. The van der Waals surface area contributed by atoms with Crippen molar-refractivity contribution in [2.24, 2.45) is 0 Å². The van der Waals surface area contributed by atoms with Crippen LogP contribution in [0.25, 0.3) is 0 Å². The topological polar surface area (TPSA) is 78.4 Å². The number of hydrogen-bond acceptors (Lipinski definition) is 2. The van der Waals surface area contributed by atoms with Crippen LogP contribution in [0.5, 0.6) is 0 Å². The zero-order chi connectivity index (χ0) is 14.5. The Kier molecular flexibility index (Phi) is 5.20. The third kappa shape index (κ3) is 3.85. The molecule has 1 rings (SSSR count). The summed E-state index contributed by atoms with van der Waals surface area (Å²) in [5.41, 5.74) is -0.713. The van der Waals surface area contributed by atoms with E-state index < -0.39 is 11.5 Å². The Morgan fingerprint density at radius 2 is 1.68 bits per heavy atom. The normalized spacial score (nSPS) is 17.4. The van der Waals surface area contributed by atoms with Crippen LogP contribution < -0.4 is 10.6 Å². The van der Waals surface area contributed by atoms with E-state index in [0.717, 1.165) is 38.5 Å². The highest BCUT2D eigenvalue weighted by molar-refractivity contribution is 5.77. The summed E-state index contributed by atoms with van der Waals surface area (Å²) in [4.78, 5) is 23.0. The summed E-state index contributed by atoms with van der Waals surface area (Å²) < 4.78 is 0. The molecule has 0 heterocycles. The molecular formula is C14H26N2O3. The first-order valence-electron chi connectivity index (χ1n) is 7.23. The van der Waals surface area contributed by atoms with Crippen LogP contribution in [0.3, 0.4) is 0 Å². The van der Waals surface area contributed by atoms with E-state index in [1.165, 1.54) is 0 Å². The van der Waals surface area contributed by atoms with Gasteiger partial charge in [-0.15, -0.1) is 0 Å². The van der Waals surface area contributed by atoms with Gasteiger partial charge in [0, 0.05) is 5.54 Å². The smallest absolute Gasteiger partial charge is 0.315 e. The molecule has 0 spiro atoms. The van der Waals surface area contributed by atoms with Gasteiger partial charge >= 0.3 is 12.0 Å². The number of carboxylic acid groups (broad SMARTS) is 1. The second kappa shape index (κ2) is 6.26. The molecule has 2 amide bonds. The van der Waals surface area contributed by atoms with E-state index in [4.69, 9.17) is 5.11 Å². The maximum atomic E-state index is 12.1. The van der Waals surface area contributed by atoms with E-state index in [1.54, 1.807) is 0 Å². The number of urea groups is 1. The molecule has 0 aromatic rings. The number of hydrogen-bond donors (Lipinski definition) is 3. The van der Waals surface area contributed by atoms with Crippen molar-refractivity contribution in [2.75, 3.05) is 0 Å². The standard InChI is InChI=1S/C14H26N2O3/c1-4-13(5-2,6-3)15-12(19)16-14(8-7-9-14)10-11(17)18/h4-10H2,1-3H3,(H,17,18)(H2,15,16,19). The Morgan fingerprint density at radius 3 is 2.00 bits per heavy atom. The SMILES string of the molecule is CCC(CC)(CC)NC(=O)NC1(CC(=O)O)CCC1. The van der Waals surface area contributed by atoms with Crippen molar-refractivity contribution < 1.29 is 14.7 Å². The van der Waals surface area contributed by atoms with Crippen LogP contribution in [0.1, 0.15) is 65.7 Å². The Balaban J connectivity index is 2.61. The lowest BCUT2D eigenvalue weighted by Gasteiger charge is -2.42. The van der Waals surface area contributed by atoms with Gasteiger partial charge in [0.15, 0.2) is 0 Å². The van der Waals surface area contributed by atoms with E-state index in [1.807, 2.05) is 0 Å². The Labute approximate surface area is 115 Å². The summed E-state index contributed by atoms with van der Waals surface area (Å²) in [6.45, 7) is 6.18. The number of amides is 2. The Bertz CT molecular complexity index is 325. The Hall–Kier alpha value is -1.26. The molecule has 0 atom stereocenters. The molecule has 1 saturated carbocycles. The van der Waals surface area contributed by atoms with E-state index >= 15 is 0 Å². The van der Waals surface area contributed by atoms with Crippen LogP contribution in [-0.2, 0) is 4.79 Å². The van der Waals surface area contributed by atoms with Gasteiger partial charge in [0.25, 0.3) is 0 Å². The average Bonchev–Trinajstić information content (AvgIpc) is 2.33. The lowest BCUT2D eigenvalue weighted by atomic mass is 9.74. The van der Waals surface area contributed by atoms with Crippen molar-refractivity contribution in [2.45, 2.75) is 76.8 Å². The molecule has 0 bridgehead atoms. The molecule has 1 aliphatic carbocycles. The van der Waals surface area contributed by atoms with Gasteiger partial charge in [0.2, 0.25) is 0 Å². The maximum Gasteiger partial charge on any atom is 0.315 e. The largest absolute Gasteiger partial charge is 0.481 e. The number of carbonyl (C=O) groups excluding carboxylic acids is 1. The van der Waals surface area contributed by atoms with Crippen molar-refractivity contribution in [3.63, 3.8) is 0 Å². The van der Waals surface area contributed by atoms with Gasteiger partial charge < -0.3 is 15.7 Å². The van der Waals surface area contributed by atoms with Gasteiger partial charge in [-0.2, -0.15) is 0 Å². The molecule has 5 heteroatoms. The summed E-state index contributed by atoms with van der Waals surface area (Å²) in [5, 5.41) is 14.8. The van der Waals surface area contributed by atoms with Crippen LogP contribution in [0, 0.1) is 0 Å². The summed E-state index contributed by atoms with van der Waals surface area (Å²) in [7, 11) is 0. The minimum Gasteiger partial charge on any atom is -0.481 e. The lowest BCUT2D eigenvalue weighted by molar-refractivity contribution is -0.139. The van der Waals surface area contributed by atoms with Crippen molar-refractivity contribution in [1.29, 1.82) is 0 Å². The predicted octanol–water partition coefficient (Wildman–Crippen LogP) is 2.65. The first kappa shape index (κ1) is 15.8. The molecule has 0 unspecified atom stereocenters. The van der Waals surface area contributed by atoms with E-state index in [-0.39, 0.29) is 18.0 Å². The van der Waals surface area contributed by atoms with Crippen LogP contribution in [-0.4, -0.2) is 28.2 Å². The van der Waals surface area contributed by atoms with Crippen LogP contribution in [0.2, 0.25) is 0 Å². The molecule has 0 saturated heterocycles. The van der Waals surface area contributed by atoms with Gasteiger partial charge in [0.05, 0.1) is 12.0 Å². The zero-order valence-corrected chi connectivity index (χ0v) is 12.2. The molecule has 0 aliphatic heterocycles. The highest BCUT2D eigenvalue weighted by atomic mass is 16.4. The minimum absolute atomic E-state index is 0.0117. The molecule has 19 heavy (non-hydrogen) atoms. The van der Waals surface area contributed by atoms with Gasteiger partial charge in [0.1, 0.15) is 0 Å². The first-order valence-corrected chi connectivity index (χ1v) is 7.23. The molecule has 0 aromatic heterocycles. The summed E-state index contributed by atoms with van der Waals surface area (Å²) >= 11 is 0. The third-order valence-corrected chi connectivity index (χ3v) is 4.59. The monoisotopic (exact) mass is 270 g/mol. The van der Waals surface area contributed by atoms with Crippen molar-refractivity contribution in [1.82, 2.24) is 10.6 Å². The van der Waals surface area contributed by atoms with Gasteiger partial charge in [-0.1, -0.05) is 20.8 Å². The summed E-state index contributed by atoms with van der Waals surface area (Å²) in [5.74, 6) is -0.854. The minimum atomic E-state index is -0.854. The van der Waals surface area contributed by atoms with Crippen molar-refractivity contribution in [3.05, 3.63) is 0 Å². The molecular weight excluding hydrogens is 244 g/mol. The molecule has 0 radical (unpaired) electrons. The van der Waals surface area contributed by atoms with Crippen LogP contribution in [0.4, 0.5) is 4.79 Å². The molecule has 5 nitrogen and oxygen atoms in total. The average molecular weight is 270 g/mol. The molecule has 3 N–H and O–H groups in total. The fraction of sp³-hybridized carbons (Fsp3) is 0.857. The second-order valence-electron chi connectivity index (χ2n) is 5.62. The fourth-order valence-electron chi connectivity index (χ4n) is 2.77. The molecule has 1 aliphatic rings.